The highest BCUT2D eigenvalue weighted by Crippen LogP contribution is 2.42. The third-order valence-electron chi connectivity index (χ3n) is 9.10. The number of morpholine rings is 1. The van der Waals surface area contributed by atoms with E-state index in [1.54, 1.807) is 7.05 Å². The molecule has 5 heterocycles. The molecule has 3 fully saturated rings. The summed E-state index contributed by atoms with van der Waals surface area (Å²) in [7, 11) is 1.59. The summed E-state index contributed by atoms with van der Waals surface area (Å²) < 4.78 is 78.4. The van der Waals surface area contributed by atoms with Crippen molar-refractivity contribution in [1.29, 1.82) is 0 Å². The zero-order valence-electron chi connectivity index (χ0n) is 25.4. The second-order valence-electron chi connectivity index (χ2n) is 12.5. The van der Waals surface area contributed by atoms with Gasteiger partial charge in [-0.2, -0.15) is 28.4 Å². The molecule has 6 rings (SSSR count). The highest BCUT2D eigenvalue weighted by molar-refractivity contribution is 5.92. The molecule has 0 radical (unpaired) electrons. The molecule has 250 valence electrons. The van der Waals surface area contributed by atoms with Gasteiger partial charge in [0, 0.05) is 58.1 Å². The molecule has 0 aromatic carbocycles. The molecule has 2 saturated heterocycles. The van der Waals surface area contributed by atoms with Crippen molar-refractivity contribution in [2.45, 2.75) is 69.7 Å². The van der Waals surface area contributed by atoms with E-state index in [0.29, 0.717) is 37.6 Å². The molecular weight excluding hydrogens is 617 g/mol. The maximum atomic E-state index is 14.6. The maximum Gasteiger partial charge on any atom is 0.393 e. The normalized spacial score (nSPS) is 26.2. The number of carbonyl (C=O) groups is 2. The number of imidazole rings is 1. The predicted molar refractivity (Wildman–Crippen MR) is 153 cm³/mol. The van der Waals surface area contributed by atoms with Crippen LogP contribution >= 0.6 is 0 Å². The standard InChI is InChI=1S/C29H36F5N9O3/c1-16-14-42(8-9-46-16)24-20(11-18-10-19(29(32,33)34)13-35-25(18)44)40-43-15-21(37-27(43)39-24)23(17-4-3-6-28(30,31)12-17)38-26(45)22-5-7-36-41(22)2/h5,7,15-19,23H,3-4,6,8-14H2,1-2H3,(H,35,44)(H,38,45)/t16-,17-,18-,19-,23+/m1/s1. The second kappa shape index (κ2) is 12.4. The van der Waals surface area contributed by atoms with Crippen LogP contribution in [0.25, 0.3) is 5.78 Å². The zero-order chi connectivity index (χ0) is 32.8. The minimum absolute atomic E-state index is 0.106. The van der Waals surface area contributed by atoms with Crippen LogP contribution in [0.4, 0.5) is 27.8 Å². The van der Waals surface area contributed by atoms with E-state index < -0.39 is 60.7 Å². The predicted octanol–water partition coefficient (Wildman–Crippen LogP) is 3.24. The van der Waals surface area contributed by atoms with Crippen molar-refractivity contribution in [1.82, 2.24) is 40.0 Å². The molecule has 0 spiro atoms. The summed E-state index contributed by atoms with van der Waals surface area (Å²) >= 11 is 0. The first-order chi connectivity index (χ1) is 21.8. The number of fused-ring (bicyclic) bond motifs is 1. The number of alkyl halides is 5. The van der Waals surface area contributed by atoms with Crippen molar-refractivity contribution in [2.24, 2.45) is 24.8 Å². The molecule has 1 aliphatic carbocycles. The molecule has 2 N–H and O–H groups in total. The van der Waals surface area contributed by atoms with Gasteiger partial charge < -0.3 is 20.3 Å². The van der Waals surface area contributed by atoms with E-state index in [9.17, 15) is 31.5 Å². The summed E-state index contributed by atoms with van der Waals surface area (Å²) in [5, 5.41) is 14.0. The van der Waals surface area contributed by atoms with E-state index in [1.165, 1.54) is 27.7 Å². The zero-order valence-corrected chi connectivity index (χ0v) is 25.4. The van der Waals surface area contributed by atoms with Gasteiger partial charge in [0.05, 0.1) is 36.6 Å². The Bertz CT molecular complexity index is 1590. The number of rotatable bonds is 7. The molecule has 12 nitrogen and oxygen atoms in total. The van der Waals surface area contributed by atoms with E-state index in [0.717, 1.165) is 0 Å². The lowest BCUT2D eigenvalue weighted by molar-refractivity contribution is -0.183. The van der Waals surface area contributed by atoms with Crippen LogP contribution < -0.4 is 15.5 Å². The summed E-state index contributed by atoms with van der Waals surface area (Å²) in [6, 6.07) is 0.602. The van der Waals surface area contributed by atoms with E-state index in [1.807, 2.05) is 11.8 Å². The molecule has 46 heavy (non-hydrogen) atoms. The maximum absolute atomic E-state index is 14.6. The molecule has 3 aromatic heterocycles. The lowest BCUT2D eigenvalue weighted by atomic mass is 9.80. The second-order valence-corrected chi connectivity index (χ2v) is 12.5. The van der Waals surface area contributed by atoms with Gasteiger partial charge in [0.1, 0.15) is 11.4 Å². The first-order valence-corrected chi connectivity index (χ1v) is 15.4. The number of halogens is 5. The summed E-state index contributed by atoms with van der Waals surface area (Å²) in [6.07, 6.45) is -2.16. The topological polar surface area (TPSA) is 132 Å². The van der Waals surface area contributed by atoms with Gasteiger partial charge in [-0.3, -0.25) is 14.3 Å². The fourth-order valence-electron chi connectivity index (χ4n) is 6.71. The van der Waals surface area contributed by atoms with Gasteiger partial charge in [-0.1, -0.05) is 0 Å². The highest BCUT2D eigenvalue weighted by atomic mass is 19.4. The Balaban J connectivity index is 1.38. The van der Waals surface area contributed by atoms with Crippen LogP contribution in [-0.4, -0.2) is 85.6 Å². The monoisotopic (exact) mass is 653 g/mol. The van der Waals surface area contributed by atoms with E-state index >= 15 is 0 Å². The first-order valence-electron chi connectivity index (χ1n) is 15.4. The number of anilines is 1. The molecule has 17 heteroatoms. The third kappa shape index (κ3) is 6.78. The SMILES string of the molecule is C[C@@H]1CN(c2nc3nc([C@@H](NC(=O)c4ccnn4C)[C@@H]4CCCC(F)(F)C4)cn3nc2C[C@H]2C[C@@H](C(F)(F)F)CNC2=O)CCO1. The lowest BCUT2D eigenvalue weighted by Gasteiger charge is -2.34. The molecule has 3 aliphatic rings. The quantitative estimate of drug-likeness (QED) is 0.372. The summed E-state index contributed by atoms with van der Waals surface area (Å²) in [5.74, 6) is -6.75. The average molecular weight is 654 g/mol. The van der Waals surface area contributed by atoms with E-state index in [2.05, 4.69) is 25.8 Å². The Morgan fingerprint density at radius 2 is 2.09 bits per heavy atom. The summed E-state index contributed by atoms with van der Waals surface area (Å²) in [5.41, 5.74) is 0.805. The molecule has 5 atom stereocenters. The van der Waals surface area contributed by atoms with Crippen LogP contribution in [0, 0.1) is 17.8 Å². The van der Waals surface area contributed by atoms with Gasteiger partial charge in [0.2, 0.25) is 11.8 Å². The van der Waals surface area contributed by atoms with Crippen molar-refractivity contribution in [3.63, 3.8) is 0 Å². The van der Waals surface area contributed by atoms with Crippen molar-refractivity contribution in [3.05, 3.63) is 35.5 Å². The molecule has 0 unspecified atom stereocenters. The minimum atomic E-state index is -4.46. The number of ether oxygens (including phenoxy) is 1. The van der Waals surface area contributed by atoms with Gasteiger partial charge in [-0.25, -0.2) is 18.3 Å². The van der Waals surface area contributed by atoms with E-state index in [4.69, 9.17) is 9.72 Å². The van der Waals surface area contributed by atoms with Gasteiger partial charge in [0.25, 0.3) is 11.7 Å². The number of aromatic nitrogens is 6. The smallest absolute Gasteiger partial charge is 0.375 e. The highest BCUT2D eigenvalue weighted by Gasteiger charge is 2.45. The number of nitrogens with one attached hydrogen (secondary N) is 2. The van der Waals surface area contributed by atoms with Crippen LogP contribution in [0.5, 0.6) is 0 Å². The van der Waals surface area contributed by atoms with Crippen molar-refractivity contribution < 1.29 is 36.3 Å². The fraction of sp³-hybridized carbons (Fsp3) is 0.655. The number of carbonyl (C=O) groups excluding carboxylic acids is 2. The Hall–Kier alpha value is -3.89. The summed E-state index contributed by atoms with van der Waals surface area (Å²) in [6.45, 7) is 2.63. The number of hydrogen-bond donors (Lipinski definition) is 2. The number of amides is 2. The number of nitrogens with zero attached hydrogens (tertiary/aromatic N) is 7. The van der Waals surface area contributed by atoms with Crippen LogP contribution in [0.3, 0.4) is 0 Å². The number of piperidine rings is 1. The van der Waals surface area contributed by atoms with Crippen molar-refractivity contribution in [3.8, 4) is 0 Å². The summed E-state index contributed by atoms with van der Waals surface area (Å²) in [4.78, 5) is 37.3. The van der Waals surface area contributed by atoms with Gasteiger partial charge >= 0.3 is 6.18 Å². The number of hydrogen-bond acceptors (Lipinski definition) is 8. The van der Waals surface area contributed by atoms with Gasteiger partial charge in [0.15, 0.2) is 5.82 Å². The Morgan fingerprint density at radius 1 is 1.28 bits per heavy atom. The van der Waals surface area contributed by atoms with E-state index in [-0.39, 0.29) is 49.0 Å². The van der Waals surface area contributed by atoms with Crippen LogP contribution in [0.15, 0.2) is 18.5 Å². The van der Waals surface area contributed by atoms with Crippen LogP contribution in [-0.2, 0) is 23.0 Å². The Labute approximate surface area is 261 Å². The van der Waals surface area contributed by atoms with Crippen LogP contribution in [0.2, 0.25) is 0 Å². The molecule has 0 bridgehead atoms. The molecule has 2 aliphatic heterocycles. The Morgan fingerprint density at radius 3 is 2.78 bits per heavy atom. The van der Waals surface area contributed by atoms with Crippen LogP contribution in [0.1, 0.15) is 66.9 Å². The van der Waals surface area contributed by atoms with Gasteiger partial charge in [-0.15, -0.1) is 0 Å². The molecule has 2 amide bonds. The first kappa shape index (κ1) is 32.1. The van der Waals surface area contributed by atoms with Crippen molar-refractivity contribution >= 4 is 23.4 Å². The lowest BCUT2D eigenvalue weighted by Crippen LogP contribution is -2.47. The van der Waals surface area contributed by atoms with Gasteiger partial charge in [-0.05, 0) is 38.2 Å². The fourth-order valence-corrected chi connectivity index (χ4v) is 6.71. The van der Waals surface area contributed by atoms with Crippen molar-refractivity contribution in [2.75, 3.05) is 31.1 Å². The molecule has 1 saturated carbocycles. The minimum Gasteiger partial charge on any atom is -0.375 e. The number of aryl methyl sites for hydroxylation is 1. The third-order valence-corrected chi connectivity index (χ3v) is 9.10. The average Bonchev–Trinajstić information content (AvgIpc) is 3.61. The molecule has 3 aromatic rings. The molecular formula is C29H36F5N9O3. The largest absolute Gasteiger partial charge is 0.393 e. The Kier molecular flexibility index (Phi) is 8.63.